The van der Waals surface area contributed by atoms with Crippen LogP contribution in [0.15, 0.2) is 82.9 Å². The van der Waals surface area contributed by atoms with Crippen LogP contribution in [0.25, 0.3) is 0 Å². The SMILES string of the molecule is COc1ccc(NC(=O)Cn2c3c(sc2=O)[C@@H](c2cccnc2)[C@H]2C(=O)N(c4ccc(Cl)cc4)C(=O)[C@H]2S3)cc1. The van der Waals surface area contributed by atoms with Crippen molar-refractivity contribution >= 4 is 63.8 Å². The second-order valence-electron chi connectivity index (χ2n) is 9.22. The van der Waals surface area contributed by atoms with Crippen molar-refractivity contribution in [3.8, 4) is 5.75 Å². The molecule has 202 valence electrons. The summed E-state index contributed by atoms with van der Waals surface area (Å²) in [5, 5.41) is 3.00. The van der Waals surface area contributed by atoms with E-state index >= 15 is 0 Å². The molecule has 2 aromatic heterocycles. The Bertz CT molecular complexity index is 1670. The first-order chi connectivity index (χ1) is 19.4. The van der Waals surface area contributed by atoms with E-state index in [1.54, 1.807) is 74.1 Å². The first-order valence-corrected chi connectivity index (χ1v) is 14.3. The minimum absolute atomic E-state index is 0.246. The molecule has 0 saturated carbocycles. The van der Waals surface area contributed by atoms with E-state index < -0.39 is 23.0 Å². The number of carbonyl (C=O) groups excluding carboxylic acids is 3. The van der Waals surface area contributed by atoms with E-state index in [-0.39, 0.29) is 23.2 Å². The molecule has 0 unspecified atom stereocenters. The highest BCUT2D eigenvalue weighted by molar-refractivity contribution is 8.00. The van der Waals surface area contributed by atoms with Gasteiger partial charge in [-0.15, -0.1) is 0 Å². The molecule has 6 rings (SSSR count). The number of hydrogen-bond acceptors (Lipinski definition) is 8. The van der Waals surface area contributed by atoms with Crippen molar-refractivity contribution in [3.05, 3.63) is 98.2 Å². The molecule has 12 heteroatoms. The zero-order valence-electron chi connectivity index (χ0n) is 20.9. The molecular formula is C28H21ClN4O5S2. The molecule has 4 heterocycles. The molecule has 0 bridgehead atoms. The predicted octanol–water partition coefficient (Wildman–Crippen LogP) is 4.40. The van der Waals surface area contributed by atoms with Gasteiger partial charge in [-0.1, -0.05) is 40.8 Å². The molecular weight excluding hydrogens is 572 g/mol. The lowest BCUT2D eigenvalue weighted by atomic mass is 9.84. The quantitative estimate of drug-likeness (QED) is 0.330. The highest BCUT2D eigenvalue weighted by Gasteiger charge is 2.56. The minimum atomic E-state index is -0.786. The van der Waals surface area contributed by atoms with Crippen molar-refractivity contribution in [1.29, 1.82) is 0 Å². The number of pyridine rings is 1. The normalized spacial score (nSPS) is 19.8. The van der Waals surface area contributed by atoms with E-state index in [1.807, 2.05) is 6.07 Å². The number of anilines is 2. The Labute approximate surface area is 241 Å². The summed E-state index contributed by atoms with van der Waals surface area (Å²) in [5.74, 6) is -1.80. The average Bonchev–Trinajstić information content (AvgIpc) is 3.40. The Balaban J connectivity index is 1.37. The van der Waals surface area contributed by atoms with Crippen LogP contribution in [0.5, 0.6) is 5.75 Å². The molecule has 0 spiro atoms. The van der Waals surface area contributed by atoms with Gasteiger partial charge in [-0.2, -0.15) is 0 Å². The van der Waals surface area contributed by atoms with Crippen molar-refractivity contribution in [3.63, 3.8) is 0 Å². The van der Waals surface area contributed by atoms with Crippen LogP contribution in [-0.4, -0.2) is 39.6 Å². The standard InChI is InChI=1S/C28H21ClN4O5S2/c1-38-19-10-6-17(7-11-19)31-20(34)14-32-27-24(40-28(32)37)21(15-3-2-12-30-13-15)22-23(39-27)26(36)33(25(22)35)18-8-4-16(29)5-9-18/h2-13,21-23H,14H2,1H3,(H,31,34)/t21-,22+,23-/m0/s1. The predicted molar refractivity (Wildman–Crippen MR) is 153 cm³/mol. The summed E-state index contributed by atoms with van der Waals surface area (Å²) in [6, 6.07) is 17.0. The van der Waals surface area contributed by atoms with Crippen molar-refractivity contribution in [2.24, 2.45) is 5.92 Å². The van der Waals surface area contributed by atoms with Crippen molar-refractivity contribution in [2.45, 2.75) is 22.7 Å². The molecule has 40 heavy (non-hydrogen) atoms. The zero-order chi connectivity index (χ0) is 28.0. The van der Waals surface area contributed by atoms with E-state index in [9.17, 15) is 19.2 Å². The third-order valence-electron chi connectivity index (χ3n) is 6.85. The van der Waals surface area contributed by atoms with Crippen LogP contribution in [-0.2, 0) is 20.9 Å². The van der Waals surface area contributed by atoms with Gasteiger partial charge in [-0.05, 0) is 60.2 Å². The highest BCUT2D eigenvalue weighted by atomic mass is 35.5. The van der Waals surface area contributed by atoms with Crippen LogP contribution >= 0.6 is 34.7 Å². The lowest BCUT2D eigenvalue weighted by Gasteiger charge is -2.30. The fourth-order valence-corrected chi connectivity index (χ4v) is 7.94. The second-order valence-corrected chi connectivity index (χ2v) is 11.8. The first-order valence-electron chi connectivity index (χ1n) is 12.2. The monoisotopic (exact) mass is 592 g/mol. The second kappa shape index (κ2) is 10.6. The van der Waals surface area contributed by atoms with Crippen molar-refractivity contribution in [1.82, 2.24) is 9.55 Å². The van der Waals surface area contributed by atoms with E-state index in [2.05, 4.69) is 10.3 Å². The molecule has 2 aliphatic rings. The number of halogens is 1. The van der Waals surface area contributed by atoms with E-state index in [1.165, 1.54) is 9.47 Å². The highest BCUT2D eigenvalue weighted by Crippen LogP contribution is 2.53. The third-order valence-corrected chi connectivity index (χ3v) is 9.71. The smallest absolute Gasteiger partial charge is 0.308 e. The maximum Gasteiger partial charge on any atom is 0.308 e. The summed E-state index contributed by atoms with van der Waals surface area (Å²) in [4.78, 5) is 59.5. The van der Waals surface area contributed by atoms with Crippen LogP contribution in [0.2, 0.25) is 5.02 Å². The molecule has 1 N–H and O–H groups in total. The molecule has 4 aromatic rings. The molecule has 1 fully saturated rings. The van der Waals surface area contributed by atoms with Crippen LogP contribution in [0.4, 0.5) is 11.4 Å². The number of nitrogens with one attached hydrogen (secondary N) is 1. The van der Waals surface area contributed by atoms with Crippen molar-refractivity contribution in [2.75, 3.05) is 17.3 Å². The van der Waals surface area contributed by atoms with E-state index in [0.29, 0.717) is 37.6 Å². The average molecular weight is 593 g/mol. The molecule has 3 atom stereocenters. The zero-order valence-corrected chi connectivity index (χ0v) is 23.3. The summed E-state index contributed by atoms with van der Waals surface area (Å²) in [5.41, 5.74) is 1.70. The maximum atomic E-state index is 13.8. The van der Waals surface area contributed by atoms with Crippen LogP contribution in [0.3, 0.4) is 0 Å². The molecule has 1 saturated heterocycles. The summed E-state index contributed by atoms with van der Waals surface area (Å²) in [6.45, 7) is -0.246. The molecule has 9 nitrogen and oxygen atoms in total. The van der Waals surface area contributed by atoms with Crippen LogP contribution < -0.4 is 19.8 Å². The van der Waals surface area contributed by atoms with Gasteiger partial charge in [0.25, 0.3) is 0 Å². The number of aromatic nitrogens is 2. The molecule has 3 amide bonds. The molecule has 2 aliphatic heterocycles. The van der Waals surface area contributed by atoms with Gasteiger partial charge in [0.15, 0.2) is 0 Å². The number of thioether (sulfide) groups is 1. The van der Waals surface area contributed by atoms with Crippen LogP contribution in [0, 0.1) is 5.92 Å². The fraction of sp³-hybridized carbons (Fsp3) is 0.179. The maximum absolute atomic E-state index is 13.8. The summed E-state index contributed by atoms with van der Waals surface area (Å²) in [7, 11) is 1.55. The van der Waals surface area contributed by atoms with Gasteiger partial charge in [0.2, 0.25) is 17.7 Å². The number of methoxy groups -OCH3 is 1. The Hall–Kier alpha value is -3.93. The van der Waals surface area contributed by atoms with Gasteiger partial charge in [0, 0.05) is 33.9 Å². The number of imide groups is 1. The number of carbonyl (C=O) groups is 3. The number of rotatable bonds is 6. The number of benzene rings is 2. The summed E-state index contributed by atoms with van der Waals surface area (Å²) in [6.07, 6.45) is 3.27. The number of nitrogens with zero attached hydrogens (tertiary/aromatic N) is 3. The van der Waals surface area contributed by atoms with Crippen molar-refractivity contribution < 1.29 is 19.1 Å². The molecule has 0 aliphatic carbocycles. The Morgan fingerprint density at radius 3 is 2.48 bits per heavy atom. The van der Waals surface area contributed by atoms with Gasteiger partial charge in [0.05, 0.1) is 23.7 Å². The summed E-state index contributed by atoms with van der Waals surface area (Å²) < 4.78 is 6.53. The minimum Gasteiger partial charge on any atom is -0.497 e. The number of amides is 3. The van der Waals surface area contributed by atoms with E-state index in [4.69, 9.17) is 16.3 Å². The number of ether oxygens (including phenoxy) is 1. The largest absolute Gasteiger partial charge is 0.497 e. The lowest BCUT2D eigenvalue weighted by molar-refractivity contribution is -0.122. The van der Waals surface area contributed by atoms with Gasteiger partial charge < -0.3 is 10.1 Å². The summed E-state index contributed by atoms with van der Waals surface area (Å²) >= 11 is 8.18. The first kappa shape index (κ1) is 26.3. The van der Waals surface area contributed by atoms with Gasteiger partial charge in [-0.25, -0.2) is 4.90 Å². The fourth-order valence-electron chi connectivity index (χ4n) is 5.04. The molecule has 2 aromatic carbocycles. The Morgan fingerprint density at radius 2 is 1.80 bits per heavy atom. The third kappa shape index (κ3) is 4.59. The van der Waals surface area contributed by atoms with Gasteiger partial charge in [0.1, 0.15) is 17.5 Å². The van der Waals surface area contributed by atoms with E-state index in [0.717, 1.165) is 23.1 Å². The van der Waals surface area contributed by atoms with Crippen LogP contribution in [0.1, 0.15) is 16.4 Å². The van der Waals surface area contributed by atoms with Gasteiger partial charge >= 0.3 is 4.87 Å². The topological polar surface area (TPSA) is 111 Å². The number of hydrogen-bond donors (Lipinski definition) is 1. The lowest BCUT2D eigenvalue weighted by Crippen LogP contribution is -2.33. The Morgan fingerprint density at radius 1 is 1.05 bits per heavy atom. The Kier molecular flexibility index (Phi) is 6.95. The molecule has 0 radical (unpaired) electrons. The van der Waals surface area contributed by atoms with Gasteiger partial charge in [-0.3, -0.25) is 28.7 Å². The number of fused-ring (bicyclic) bond motifs is 2. The number of thiazole rings is 1.